The summed E-state index contributed by atoms with van der Waals surface area (Å²) in [4.78, 5) is 0.296. The number of hydrogen-bond donors (Lipinski definition) is 1. The van der Waals surface area contributed by atoms with Crippen LogP contribution in [0.15, 0.2) is 53.4 Å². The highest BCUT2D eigenvalue weighted by atomic mass is 32.2. The van der Waals surface area contributed by atoms with Gasteiger partial charge in [0.25, 0.3) is 0 Å². The molecule has 3 atom stereocenters. The zero-order valence-electron chi connectivity index (χ0n) is 14.6. The first-order chi connectivity index (χ1) is 11.8. The van der Waals surface area contributed by atoms with Crippen molar-refractivity contribution in [2.45, 2.75) is 28.5 Å². The Kier molecular flexibility index (Phi) is 4.62. The molecule has 1 aliphatic carbocycles. The summed E-state index contributed by atoms with van der Waals surface area (Å²) < 4.78 is 36.7. The van der Waals surface area contributed by atoms with Crippen LogP contribution in [0.3, 0.4) is 0 Å². The van der Waals surface area contributed by atoms with Crippen LogP contribution in [-0.4, -0.2) is 40.0 Å². The van der Waals surface area contributed by atoms with Gasteiger partial charge in [-0.1, -0.05) is 29.8 Å². The number of rotatable bonds is 6. The number of nitrogens with two attached hydrogens (primary N) is 1. The van der Waals surface area contributed by atoms with E-state index in [1.165, 1.54) is 7.11 Å². The molecule has 2 aromatic carbocycles. The molecule has 0 aromatic heterocycles. The van der Waals surface area contributed by atoms with E-state index in [0.717, 1.165) is 16.9 Å². The summed E-state index contributed by atoms with van der Waals surface area (Å²) in [5, 5.41) is -0.712. The van der Waals surface area contributed by atoms with Crippen molar-refractivity contribution in [1.29, 1.82) is 0 Å². The van der Waals surface area contributed by atoms with E-state index in [-0.39, 0.29) is 12.5 Å². The Bertz CT molecular complexity index is 846. The zero-order chi connectivity index (χ0) is 18.2. The van der Waals surface area contributed by atoms with Gasteiger partial charge in [-0.2, -0.15) is 0 Å². The van der Waals surface area contributed by atoms with Crippen molar-refractivity contribution in [2.24, 2.45) is 5.73 Å². The molecule has 0 amide bonds. The second-order valence-electron chi connectivity index (χ2n) is 6.57. The fourth-order valence-corrected chi connectivity index (χ4v) is 5.77. The number of ether oxygens (including phenoxy) is 2. The molecule has 0 spiro atoms. The van der Waals surface area contributed by atoms with Gasteiger partial charge in [0.1, 0.15) is 5.75 Å². The van der Waals surface area contributed by atoms with Crippen LogP contribution in [0.25, 0.3) is 0 Å². The molecule has 2 aromatic rings. The van der Waals surface area contributed by atoms with Crippen LogP contribution in [0.5, 0.6) is 5.75 Å². The van der Waals surface area contributed by atoms with E-state index in [1.54, 1.807) is 31.4 Å². The van der Waals surface area contributed by atoms with Gasteiger partial charge in [-0.25, -0.2) is 8.42 Å². The molecule has 1 fully saturated rings. The fourth-order valence-electron chi connectivity index (χ4n) is 3.48. The Morgan fingerprint density at radius 3 is 2.16 bits per heavy atom. The van der Waals surface area contributed by atoms with E-state index in [9.17, 15) is 8.42 Å². The Labute approximate surface area is 148 Å². The van der Waals surface area contributed by atoms with Crippen molar-refractivity contribution in [2.75, 3.05) is 20.8 Å². The molecule has 3 unspecified atom stereocenters. The van der Waals surface area contributed by atoms with Crippen LogP contribution in [0, 0.1) is 6.92 Å². The van der Waals surface area contributed by atoms with Gasteiger partial charge >= 0.3 is 0 Å². The van der Waals surface area contributed by atoms with Crippen molar-refractivity contribution >= 4 is 9.84 Å². The first kappa shape index (κ1) is 17.9. The number of sulfone groups is 1. The van der Waals surface area contributed by atoms with Crippen LogP contribution in [0.2, 0.25) is 0 Å². The molecule has 0 saturated heterocycles. The third-order valence-electron chi connectivity index (χ3n) is 4.86. The van der Waals surface area contributed by atoms with Gasteiger partial charge < -0.3 is 15.2 Å². The molecule has 1 aliphatic rings. The molecule has 0 radical (unpaired) electrons. The lowest BCUT2D eigenvalue weighted by Crippen LogP contribution is -2.35. The standard InChI is InChI=1S/C19H23NO4S/c1-13-4-10-16(11-5-13)25(21,22)18-17(19(18,20)12-23-2)14-6-8-15(24-3)9-7-14/h4-11,17-18H,12,20H2,1-3H3. The van der Waals surface area contributed by atoms with Crippen LogP contribution in [-0.2, 0) is 14.6 Å². The molecular formula is C19H23NO4S. The smallest absolute Gasteiger partial charge is 0.183 e. The van der Waals surface area contributed by atoms with Gasteiger partial charge in [0.2, 0.25) is 0 Å². The van der Waals surface area contributed by atoms with Crippen LogP contribution < -0.4 is 10.5 Å². The summed E-state index contributed by atoms with van der Waals surface area (Å²) in [6, 6.07) is 14.2. The van der Waals surface area contributed by atoms with Crippen LogP contribution >= 0.6 is 0 Å². The highest BCUT2D eigenvalue weighted by Crippen LogP contribution is 2.55. The maximum Gasteiger partial charge on any atom is 0.183 e. The molecule has 3 rings (SSSR count). The van der Waals surface area contributed by atoms with E-state index in [2.05, 4.69) is 0 Å². The van der Waals surface area contributed by atoms with E-state index >= 15 is 0 Å². The lowest BCUT2D eigenvalue weighted by molar-refractivity contribution is 0.171. The van der Waals surface area contributed by atoms with Gasteiger partial charge in [0.15, 0.2) is 9.84 Å². The third kappa shape index (κ3) is 3.05. The van der Waals surface area contributed by atoms with Crippen LogP contribution in [0.1, 0.15) is 17.0 Å². The molecule has 1 saturated carbocycles. The summed E-state index contributed by atoms with van der Waals surface area (Å²) in [6.45, 7) is 2.10. The Morgan fingerprint density at radius 2 is 1.64 bits per heavy atom. The van der Waals surface area contributed by atoms with Gasteiger partial charge in [0.05, 0.1) is 29.4 Å². The molecule has 134 valence electrons. The molecule has 6 heteroatoms. The van der Waals surface area contributed by atoms with Crippen molar-refractivity contribution in [1.82, 2.24) is 0 Å². The minimum Gasteiger partial charge on any atom is -0.497 e. The SMILES string of the molecule is COCC1(N)C(c2ccc(OC)cc2)C1S(=O)(=O)c1ccc(C)cc1. The van der Waals surface area contributed by atoms with Gasteiger partial charge in [-0.3, -0.25) is 0 Å². The lowest BCUT2D eigenvalue weighted by atomic mass is 10.1. The number of aryl methyl sites for hydroxylation is 1. The Balaban J connectivity index is 1.99. The molecule has 2 N–H and O–H groups in total. The molecule has 0 heterocycles. The quantitative estimate of drug-likeness (QED) is 0.854. The predicted octanol–water partition coefficient (Wildman–Crippen LogP) is 2.29. The summed E-state index contributed by atoms with van der Waals surface area (Å²) in [5.41, 5.74) is 7.42. The molecular weight excluding hydrogens is 338 g/mol. The molecule has 0 bridgehead atoms. The van der Waals surface area contributed by atoms with Crippen molar-refractivity contribution in [3.63, 3.8) is 0 Å². The summed E-state index contributed by atoms with van der Waals surface area (Å²) in [5.74, 6) is 0.404. The maximum absolute atomic E-state index is 13.1. The van der Waals surface area contributed by atoms with E-state index in [1.807, 2.05) is 31.2 Å². The molecule has 25 heavy (non-hydrogen) atoms. The maximum atomic E-state index is 13.1. The number of hydrogen-bond acceptors (Lipinski definition) is 5. The Hall–Kier alpha value is -1.89. The first-order valence-corrected chi connectivity index (χ1v) is 9.61. The zero-order valence-corrected chi connectivity index (χ0v) is 15.4. The molecule has 0 aliphatic heterocycles. The highest BCUT2D eigenvalue weighted by Gasteiger charge is 2.69. The highest BCUT2D eigenvalue weighted by molar-refractivity contribution is 7.92. The summed E-state index contributed by atoms with van der Waals surface area (Å²) in [7, 11) is -0.434. The van der Waals surface area contributed by atoms with Gasteiger partial charge in [-0.15, -0.1) is 0 Å². The normalized spacial score (nSPS) is 25.6. The van der Waals surface area contributed by atoms with Gasteiger partial charge in [0, 0.05) is 13.0 Å². The topological polar surface area (TPSA) is 78.6 Å². The van der Waals surface area contributed by atoms with Gasteiger partial charge in [-0.05, 0) is 36.8 Å². The predicted molar refractivity (Wildman–Crippen MR) is 96.7 cm³/mol. The van der Waals surface area contributed by atoms with Crippen LogP contribution in [0.4, 0.5) is 0 Å². The van der Waals surface area contributed by atoms with Crippen molar-refractivity contribution < 1.29 is 17.9 Å². The fraction of sp³-hybridized carbons (Fsp3) is 0.368. The van der Waals surface area contributed by atoms with E-state index in [0.29, 0.717) is 4.90 Å². The van der Waals surface area contributed by atoms with Crippen molar-refractivity contribution in [3.8, 4) is 5.75 Å². The molecule has 5 nitrogen and oxygen atoms in total. The minimum atomic E-state index is -3.56. The summed E-state index contributed by atoms with van der Waals surface area (Å²) >= 11 is 0. The van der Waals surface area contributed by atoms with Crippen molar-refractivity contribution in [3.05, 3.63) is 59.7 Å². The number of benzene rings is 2. The Morgan fingerprint density at radius 1 is 1.04 bits per heavy atom. The average molecular weight is 361 g/mol. The largest absolute Gasteiger partial charge is 0.497 e. The third-order valence-corrected chi connectivity index (χ3v) is 7.16. The number of methoxy groups -OCH3 is 2. The monoisotopic (exact) mass is 361 g/mol. The summed E-state index contributed by atoms with van der Waals surface area (Å²) in [6.07, 6.45) is 0. The second kappa shape index (κ2) is 6.44. The van der Waals surface area contributed by atoms with E-state index in [4.69, 9.17) is 15.2 Å². The lowest BCUT2D eigenvalue weighted by Gasteiger charge is -2.11. The first-order valence-electron chi connectivity index (χ1n) is 8.07. The van der Waals surface area contributed by atoms with E-state index < -0.39 is 20.6 Å². The second-order valence-corrected chi connectivity index (χ2v) is 8.64. The average Bonchev–Trinajstić information content (AvgIpc) is 3.22. The minimum absolute atomic E-state index is 0.180.